The smallest absolute Gasteiger partial charge is 0.275 e. The number of piperidine rings is 1. The predicted molar refractivity (Wildman–Crippen MR) is 121 cm³/mol. The minimum Gasteiger partial charge on any atom is -0.338 e. The maximum Gasteiger partial charge on any atom is 0.275 e. The van der Waals surface area contributed by atoms with Crippen LogP contribution < -0.4 is 10.3 Å². The van der Waals surface area contributed by atoms with E-state index in [2.05, 4.69) is 4.72 Å². The van der Waals surface area contributed by atoms with E-state index in [1.807, 2.05) is 23.1 Å². The van der Waals surface area contributed by atoms with Gasteiger partial charge in [0, 0.05) is 36.8 Å². The van der Waals surface area contributed by atoms with Crippen LogP contribution in [0.5, 0.6) is 0 Å². The topological polar surface area (TPSA) is 88.5 Å². The molecule has 170 valence electrons. The van der Waals surface area contributed by atoms with Crippen molar-refractivity contribution in [1.82, 2.24) is 9.47 Å². The first-order chi connectivity index (χ1) is 15.8. The first kappa shape index (κ1) is 21.4. The second kappa shape index (κ2) is 8.15. The van der Waals surface area contributed by atoms with Crippen molar-refractivity contribution in [3.63, 3.8) is 0 Å². The fourth-order valence-electron chi connectivity index (χ4n) is 4.79. The van der Waals surface area contributed by atoms with Crippen LogP contribution in [0.15, 0.2) is 76.4 Å². The van der Waals surface area contributed by atoms with Gasteiger partial charge in [0.2, 0.25) is 0 Å². The van der Waals surface area contributed by atoms with Gasteiger partial charge in [0.15, 0.2) is 0 Å². The van der Waals surface area contributed by atoms with Crippen molar-refractivity contribution in [2.75, 3.05) is 17.8 Å². The molecule has 2 bridgehead atoms. The standard InChI is InChI=1S/C24H22FN3O4S/c25-19-7-4-8-20(12-19)33(31,32)26-21-9-10-22-18-11-16(14-28(22)24(21)30)13-27(15-18)23(29)17-5-2-1-3-6-17/h1-10,12,16,18,26H,11,13-15H2/t16-,18+/m0/s1. The van der Waals surface area contributed by atoms with Crippen LogP contribution in [-0.2, 0) is 16.6 Å². The second-order valence-electron chi connectivity index (χ2n) is 8.53. The summed E-state index contributed by atoms with van der Waals surface area (Å²) in [5, 5.41) is 0. The number of nitrogens with one attached hydrogen (secondary N) is 1. The number of amides is 1. The number of nitrogens with zero attached hydrogens (tertiary/aromatic N) is 2. The summed E-state index contributed by atoms with van der Waals surface area (Å²) in [7, 11) is -4.11. The lowest BCUT2D eigenvalue weighted by molar-refractivity contribution is 0.0594. The van der Waals surface area contributed by atoms with Crippen molar-refractivity contribution in [1.29, 1.82) is 0 Å². The predicted octanol–water partition coefficient (Wildman–Crippen LogP) is 3.05. The molecule has 3 aromatic rings. The minimum atomic E-state index is -4.11. The van der Waals surface area contributed by atoms with Crippen LogP contribution in [0, 0.1) is 11.7 Å². The molecule has 0 saturated carbocycles. The Morgan fingerprint density at radius 1 is 0.970 bits per heavy atom. The number of likely N-dealkylation sites (tertiary alicyclic amines) is 1. The van der Waals surface area contributed by atoms with E-state index in [9.17, 15) is 22.4 Å². The molecule has 0 aliphatic carbocycles. The Hall–Kier alpha value is -3.46. The number of hydrogen-bond acceptors (Lipinski definition) is 4. The Labute approximate surface area is 190 Å². The SMILES string of the molecule is O=C(c1ccccc1)N1C[C@@H]2C[C@H](C1)c1ccc(NS(=O)(=O)c3cccc(F)c3)c(=O)n1C2. The molecule has 3 heterocycles. The summed E-state index contributed by atoms with van der Waals surface area (Å²) in [6.07, 6.45) is 0.867. The van der Waals surface area contributed by atoms with Crippen LogP contribution in [0.1, 0.15) is 28.4 Å². The molecule has 1 saturated heterocycles. The molecule has 0 unspecified atom stereocenters. The maximum atomic E-state index is 13.5. The van der Waals surface area contributed by atoms with Crippen LogP contribution in [0.4, 0.5) is 10.1 Å². The maximum absolute atomic E-state index is 13.5. The molecule has 1 N–H and O–H groups in total. The Bertz CT molecular complexity index is 1390. The average Bonchev–Trinajstić information content (AvgIpc) is 2.81. The van der Waals surface area contributed by atoms with Gasteiger partial charge in [-0.1, -0.05) is 24.3 Å². The van der Waals surface area contributed by atoms with Crippen molar-refractivity contribution in [3.8, 4) is 0 Å². The van der Waals surface area contributed by atoms with Crippen molar-refractivity contribution in [3.05, 3.63) is 94.2 Å². The fraction of sp³-hybridized carbons (Fsp3) is 0.250. The average molecular weight is 468 g/mol. The second-order valence-corrected chi connectivity index (χ2v) is 10.2. The highest BCUT2D eigenvalue weighted by Gasteiger charge is 2.37. The number of carbonyl (C=O) groups excluding carboxylic acids is 1. The number of carbonyl (C=O) groups is 1. The molecule has 33 heavy (non-hydrogen) atoms. The van der Waals surface area contributed by atoms with Gasteiger partial charge in [-0.05, 0) is 54.8 Å². The summed E-state index contributed by atoms with van der Waals surface area (Å²) in [6.45, 7) is 1.44. The Morgan fingerprint density at radius 3 is 2.52 bits per heavy atom. The Morgan fingerprint density at radius 2 is 1.76 bits per heavy atom. The van der Waals surface area contributed by atoms with Gasteiger partial charge in [-0.25, -0.2) is 12.8 Å². The van der Waals surface area contributed by atoms with Crippen LogP contribution >= 0.6 is 0 Å². The first-order valence-corrected chi connectivity index (χ1v) is 12.2. The van der Waals surface area contributed by atoms with E-state index >= 15 is 0 Å². The minimum absolute atomic E-state index is 0.00765. The molecular formula is C24H22FN3O4S. The quantitative estimate of drug-likeness (QED) is 0.639. The number of benzene rings is 2. The van der Waals surface area contributed by atoms with Gasteiger partial charge < -0.3 is 9.47 Å². The number of pyridine rings is 1. The molecule has 1 fully saturated rings. The van der Waals surface area contributed by atoms with E-state index in [1.165, 1.54) is 18.2 Å². The van der Waals surface area contributed by atoms with Crippen molar-refractivity contribution in [2.45, 2.75) is 23.8 Å². The summed E-state index contributed by atoms with van der Waals surface area (Å²) in [4.78, 5) is 27.7. The lowest BCUT2D eigenvalue weighted by Crippen LogP contribution is -2.49. The molecule has 1 aromatic heterocycles. The number of sulfonamides is 1. The molecule has 5 rings (SSSR count). The van der Waals surface area contributed by atoms with Gasteiger partial charge in [0.25, 0.3) is 21.5 Å². The molecule has 0 spiro atoms. The molecule has 1 amide bonds. The summed E-state index contributed by atoms with van der Waals surface area (Å²) in [5.41, 5.74) is 0.901. The molecule has 2 aliphatic rings. The van der Waals surface area contributed by atoms with Crippen LogP contribution in [0.25, 0.3) is 0 Å². The zero-order valence-corrected chi connectivity index (χ0v) is 18.5. The highest BCUT2D eigenvalue weighted by Crippen LogP contribution is 2.36. The van der Waals surface area contributed by atoms with Gasteiger partial charge in [0.05, 0.1) is 4.90 Å². The lowest BCUT2D eigenvalue weighted by atomic mass is 9.83. The van der Waals surface area contributed by atoms with E-state index in [-0.39, 0.29) is 28.3 Å². The van der Waals surface area contributed by atoms with Gasteiger partial charge >= 0.3 is 0 Å². The number of anilines is 1. The third-order valence-corrected chi connectivity index (χ3v) is 7.63. The highest BCUT2D eigenvalue weighted by molar-refractivity contribution is 7.92. The number of fused-ring (bicyclic) bond motifs is 4. The number of halogens is 1. The van der Waals surface area contributed by atoms with Gasteiger partial charge in [0.1, 0.15) is 11.5 Å². The van der Waals surface area contributed by atoms with E-state index in [0.717, 1.165) is 24.2 Å². The lowest BCUT2D eigenvalue weighted by Gasteiger charge is -2.43. The monoisotopic (exact) mass is 467 g/mol. The van der Waals surface area contributed by atoms with Crippen LogP contribution in [-0.4, -0.2) is 36.9 Å². The van der Waals surface area contributed by atoms with E-state index in [4.69, 9.17) is 0 Å². The molecule has 7 nitrogen and oxygen atoms in total. The summed E-state index contributed by atoms with van der Waals surface area (Å²) < 4.78 is 42.7. The molecule has 9 heteroatoms. The van der Waals surface area contributed by atoms with Crippen molar-refractivity contribution < 1.29 is 17.6 Å². The number of rotatable bonds is 4. The summed E-state index contributed by atoms with van der Waals surface area (Å²) in [6, 6.07) is 16.9. The van der Waals surface area contributed by atoms with Crippen molar-refractivity contribution in [2.24, 2.45) is 5.92 Å². The largest absolute Gasteiger partial charge is 0.338 e. The van der Waals surface area contributed by atoms with Gasteiger partial charge in [-0.2, -0.15) is 0 Å². The number of hydrogen-bond donors (Lipinski definition) is 1. The van der Waals surface area contributed by atoms with Crippen LogP contribution in [0.2, 0.25) is 0 Å². The number of aromatic nitrogens is 1. The third-order valence-electron chi connectivity index (χ3n) is 6.26. The van der Waals surface area contributed by atoms with Crippen molar-refractivity contribution >= 4 is 21.6 Å². The molecule has 0 radical (unpaired) electrons. The highest BCUT2D eigenvalue weighted by atomic mass is 32.2. The zero-order valence-electron chi connectivity index (χ0n) is 17.6. The molecule has 2 aromatic carbocycles. The van der Waals surface area contributed by atoms with E-state index in [0.29, 0.717) is 25.2 Å². The van der Waals surface area contributed by atoms with Gasteiger partial charge in [-0.15, -0.1) is 0 Å². The normalized spacial score (nSPS) is 19.6. The zero-order chi connectivity index (χ0) is 23.2. The van der Waals surface area contributed by atoms with Gasteiger partial charge in [-0.3, -0.25) is 14.3 Å². The van der Waals surface area contributed by atoms with E-state index < -0.39 is 21.4 Å². The van der Waals surface area contributed by atoms with E-state index in [1.54, 1.807) is 22.8 Å². The molecular weight excluding hydrogens is 445 g/mol. The first-order valence-electron chi connectivity index (χ1n) is 10.7. The Kier molecular flexibility index (Phi) is 5.28. The molecule has 2 aliphatic heterocycles. The Balaban J connectivity index is 1.41. The molecule has 2 atom stereocenters. The summed E-state index contributed by atoms with van der Waals surface area (Å²) in [5.74, 6) is -0.619. The van der Waals surface area contributed by atoms with Crippen LogP contribution in [0.3, 0.4) is 0 Å². The summed E-state index contributed by atoms with van der Waals surface area (Å²) >= 11 is 0. The third kappa shape index (κ3) is 4.04. The fourth-order valence-corrected chi connectivity index (χ4v) is 5.88.